The van der Waals surface area contributed by atoms with Crippen LogP contribution in [0.2, 0.25) is 0 Å². The van der Waals surface area contributed by atoms with Gasteiger partial charge in [0.15, 0.2) is 11.5 Å². The predicted molar refractivity (Wildman–Crippen MR) is 113 cm³/mol. The molecule has 0 bridgehead atoms. The third-order valence-electron chi connectivity index (χ3n) is 5.15. The molecular weight excluding hydrogens is 366 g/mol. The van der Waals surface area contributed by atoms with Crippen LogP contribution in [-0.2, 0) is 4.79 Å². The Balaban J connectivity index is 1.67. The molecular formula is C23H31N3O3. The summed E-state index contributed by atoms with van der Waals surface area (Å²) in [7, 11) is 0. The van der Waals surface area contributed by atoms with Crippen LogP contribution >= 0.6 is 0 Å². The Hall–Kier alpha value is -2.63. The van der Waals surface area contributed by atoms with Gasteiger partial charge in [-0.25, -0.2) is 0 Å². The molecule has 0 aliphatic heterocycles. The molecule has 0 atom stereocenters. The van der Waals surface area contributed by atoms with Crippen LogP contribution < -0.4 is 5.32 Å². The van der Waals surface area contributed by atoms with Gasteiger partial charge in [-0.1, -0.05) is 36.7 Å². The monoisotopic (exact) mass is 397 g/mol. The molecule has 1 N–H and O–H groups in total. The summed E-state index contributed by atoms with van der Waals surface area (Å²) in [6.45, 7) is 9.82. The molecule has 6 nitrogen and oxygen atoms in total. The van der Waals surface area contributed by atoms with Gasteiger partial charge in [0.2, 0.25) is 5.91 Å². The highest BCUT2D eigenvalue weighted by molar-refractivity contribution is 5.93. The quantitative estimate of drug-likeness (QED) is 0.695. The van der Waals surface area contributed by atoms with E-state index in [0.29, 0.717) is 37.1 Å². The lowest BCUT2D eigenvalue weighted by molar-refractivity contribution is -0.121. The average Bonchev–Trinajstić information content (AvgIpc) is 3.39. The summed E-state index contributed by atoms with van der Waals surface area (Å²) in [6.07, 6.45) is 2.70. The van der Waals surface area contributed by atoms with Gasteiger partial charge in [0.05, 0.1) is 0 Å². The number of hydrogen-bond donors (Lipinski definition) is 1. The van der Waals surface area contributed by atoms with Crippen molar-refractivity contribution in [3.63, 3.8) is 0 Å². The molecule has 1 aromatic carbocycles. The highest BCUT2D eigenvalue weighted by Gasteiger charge is 2.24. The van der Waals surface area contributed by atoms with E-state index < -0.39 is 0 Å². The molecule has 1 saturated carbocycles. The minimum atomic E-state index is -0.200. The fourth-order valence-corrected chi connectivity index (χ4v) is 3.29. The van der Waals surface area contributed by atoms with Gasteiger partial charge >= 0.3 is 0 Å². The van der Waals surface area contributed by atoms with E-state index in [-0.39, 0.29) is 17.5 Å². The maximum Gasteiger partial charge on any atom is 0.276 e. The second-order valence-electron chi connectivity index (χ2n) is 8.54. The number of aryl methyl sites for hydroxylation is 2. The van der Waals surface area contributed by atoms with Gasteiger partial charge in [-0.05, 0) is 50.2 Å². The van der Waals surface area contributed by atoms with Gasteiger partial charge in [-0.2, -0.15) is 0 Å². The van der Waals surface area contributed by atoms with E-state index in [2.05, 4.69) is 24.3 Å². The number of nitrogens with zero attached hydrogens (tertiary/aromatic N) is 2. The lowest BCUT2D eigenvalue weighted by atomic mass is 10.0. The summed E-state index contributed by atoms with van der Waals surface area (Å²) in [5.41, 5.74) is 3.40. The van der Waals surface area contributed by atoms with Crippen LogP contribution in [-0.4, -0.2) is 41.5 Å². The van der Waals surface area contributed by atoms with Crippen molar-refractivity contribution in [3.8, 4) is 11.3 Å². The molecule has 3 rings (SSSR count). The standard InChI is InChI=1S/C23H31N3O3/c1-15(2)14-26(10-9-22(27)24-13-18-7-8-18)23(28)20-12-21(29-25-20)19-11-16(3)5-6-17(19)4/h5-6,11-12,15,18H,7-10,13-14H2,1-4H3,(H,24,27). The van der Waals surface area contributed by atoms with Crippen molar-refractivity contribution >= 4 is 11.8 Å². The van der Waals surface area contributed by atoms with Crippen LogP contribution in [0.4, 0.5) is 0 Å². The van der Waals surface area contributed by atoms with E-state index in [9.17, 15) is 9.59 Å². The summed E-state index contributed by atoms with van der Waals surface area (Å²) in [5, 5.41) is 6.98. The van der Waals surface area contributed by atoms with E-state index >= 15 is 0 Å². The van der Waals surface area contributed by atoms with Crippen molar-refractivity contribution < 1.29 is 14.1 Å². The maximum absolute atomic E-state index is 13.0. The molecule has 1 aliphatic carbocycles. The number of rotatable bonds is 9. The highest BCUT2D eigenvalue weighted by Crippen LogP contribution is 2.27. The summed E-state index contributed by atoms with van der Waals surface area (Å²) in [4.78, 5) is 26.8. The van der Waals surface area contributed by atoms with Crippen LogP contribution in [0.1, 0.15) is 54.7 Å². The number of aromatic nitrogens is 1. The molecule has 0 saturated heterocycles. The molecule has 156 valence electrons. The third kappa shape index (κ3) is 5.92. The van der Waals surface area contributed by atoms with Crippen LogP contribution in [0.5, 0.6) is 0 Å². The molecule has 0 unspecified atom stereocenters. The fourth-order valence-electron chi connectivity index (χ4n) is 3.29. The van der Waals surface area contributed by atoms with E-state index in [4.69, 9.17) is 4.52 Å². The average molecular weight is 398 g/mol. The summed E-state index contributed by atoms with van der Waals surface area (Å²) < 4.78 is 5.48. The molecule has 6 heteroatoms. The second-order valence-corrected chi connectivity index (χ2v) is 8.54. The van der Waals surface area contributed by atoms with Crippen molar-refractivity contribution in [2.75, 3.05) is 19.6 Å². The van der Waals surface area contributed by atoms with Crippen LogP contribution in [0.25, 0.3) is 11.3 Å². The lowest BCUT2D eigenvalue weighted by Gasteiger charge is -2.23. The number of nitrogens with one attached hydrogen (secondary N) is 1. The SMILES string of the molecule is Cc1ccc(C)c(-c2cc(C(=O)N(CCC(=O)NCC3CC3)CC(C)C)no2)c1. The van der Waals surface area contributed by atoms with Crippen LogP contribution in [0.3, 0.4) is 0 Å². The molecule has 2 amide bonds. The van der Waals surface area contributed by atoms with E-state index in [1.54, 1.807) is 11.0 Å². The first-order valence-electron chi connectivity index (χ1n) is 10.4. The van der Waals surface area contributed by atoms with Crippen molar-refractivity contribution in [3.05, 3.63) is 41.1 Å². The minimum absolute atomic E-state index is 0.00492. The smallest absolute Gasteiger partial charge is 0.276 e. The van der Waals surface area contributed by atoms with E-state index in [0.717, 1.165) is 23.2 Å². The van der Waals surface area contributed by atoms with Crippen LogP contribution in [0.15, 0.2) is 28.8 Å². The highest BCUT2D eigenvalue weighted by atomic mass is 16.5. The largest absolute Gasteiger partial charge is 0.356 e. The Labute approximate surface area is 172 Å². The van der Waals surface area contributed by atoms with Crippen molar-refractivity contribution in [2.45, 2.75) is 47.0 Å². The van der Waals surface area contributed by atoms with Gasteiger partial charge in [-0.3, -0.25) is 9.59 Å². The first kappa shape index (κ1) is 21.1. The first-order valence-corrected chi connectivity index (χ1v) is 10.4. The maximum atomic E-state index is 13.0. The second kappa shape index (κ2) is 9.25. The molecule has 29 heavy (non-hydrogen) atoms. The van der Waals surface area contributed by atoms with Gasteiger partial charge < -0.3 is 14.7 Å². The lowest BCUT2D eigenvalue weighted by Crippen LogP contribution is -2.38. The Morgan fingerprint density at radius 1 is 1.24 bits per heavy atom. The molecule has 1 fully saturated rings. The van der Waals surface area contributed by atoms with Crippen molar-refractivity contribution in [2.24, 2.45) is 11.8 Å². The van der Waals surface area contributed by atoms with E-state index in [1.165, 1.54) is 12.8 Å². The summed E-state index contributed by atoms with van der Waals surface area (Å²) in [5.74, 6) is 1.31. The molecule has 0 radical (unpaired) electrons. The Kier molecular flexibility index (Phi) is 6.72. The number of amides is 2. The van der Waals surface area contributed by atoms with Gasteiger partial charge in [0.25, 0.3) is 5.91 Å². The Morgan fingerprint density at radius 2 is 2.00 bits per heavy atom. The number of carbonyl (C=O) groups excluding carboxylic acids is 2. The fraction of sp³-hybridized carbons (Fsp3) is 0.522. The predicted octanol–water partition coefficient (Wildman–Crippen LogP) is 3.97. The first-order chi connectivity index (χ1) is 13.8. The Bertz CT molecular complexity index is 868. The Morgan fingerprint density at radius 3 is 2.69 bits per heavy atom. The number of carbonyl (C=O) groups is 2. The molecule has 2 aromatic rings. The summed E-state index contributed by atoms with van der Waals surface area (Å²) in [6, 6.07) is 7.80. The van der Waals surface area contributed by atoms with Gasteiger partial charge in [0.1, 0.15) is 0 Å². The zero-order chi connectivity index (χ0) is 21.0. The van der Waals surface area contributed by atoms with Gasteiger partial charge in [-0.15, -0.1) is 0 Å². The number of hydrogen-bond acceptors (Lipinski definition) is 4. The minimum Gasteiger partial charge on any atom is -0.356 e. The number of benzene rings is 1. The molecule has 0 spiro atoms. The zero-order valence-corrected chi connectivity index (χ0v) is 17.8. The molecule has 1 aromatic heterocycles. The van der Waals surface area contributed by atoms with Gasteiger partial charge in [0, 0.05) is 37.7 Å². The zero-order valence-electron chi connectivity index (χ0n) is 17.8. The normalized spacial score (nSPS) is 13.6. The third-order valence-corrected chi connectivity index (χ3v) is 5.15. The topological polar surface area (TPSA) is 75.4 Å². The van der Waals surface area contributed by atoms with Crippen LogP contribution in [0, 0.1) is 25.7 Å². The molecule has 1 heterocycles. The van der Waals surface area contributed by atoms with E-state index in [1.807, 2.05) is 32.0 Å². The summed E-state index contributed by atoms with van der Waals surface area (Å²) >= 11 is 0. The van der Waals surface area contributed by atoms with Crippen molar-refractivity contribution in [1.82, 2.24) is 15.4 Å². The molecule has 1 aliphatic rings. The van der Waals surface area contributed by atoms with Crippen molar-refractivity contribution in [1.29, 1.82) is 0 Å².